The molecule has 1 unspecified atom stereocenters. The molecule has 4 nitrogen and oxygen atoms in total. The lowest BCUT2D eigenvalue weighted by molar-refractivity contribution is 0.0651. The maximum Gasteiger partial charge on any atom is 0.155 e. The normalized spacial score (nSPS) is 12.8. The zero-order chi connectivity index (χ0) is 17.4. The van der Waals surface area contributed by atoms with Gasteiger partial charge in [-0.05, 0) is 31.1 Å². The van der Waals surface area contributed by atoms with Gasteiger partial charge in [-0.15, -0.1) is 4.91 Å². The second-order valence-corrected chi connectivity index (χ2v) is 6.42. The summed E-state index contributed by atoms with van der Waals surface area (Å²) in [4.78, 5) is 18.1. The van der Waals surface area contributed by atoms with Crippen LogP contribution in [-0.2, 0) is 10.3 Å². The number of hydrogen-bond acceptors (Lipinski definition) is 4. The van der Waals surface area contributed by atoms with E-state index < -0.39 is 5.41 Å². The summed E-state index contributed by atoms with van der Waals surface area (Å²) in [5, 5.41) is 2.70. The SMILES string of the molecule is CCC(CN(C)C)C(CON=O)(c1ccccc1)c1ccccc1. The van der Waals surface area contributed by atoms with E-state index in [0.717, 1.165) is 24.1 Å². The maximum atomic E-state index is 10.8. The van der Waals surface area contributed by atoms with E-state index in [2.05, 4.69) is 55.5 Å². The largest absolute Gasteiger partial charge is 0.363 e. The zero-order valence-electron chi connectivity index (χ0n) is 14.7. The van der Waals surface area contributed by atoms with Crippen molar-refractivity contribution in [2.45, 2.75) is 18.8 Å². The molecule has 24 heavy (non-hydrogen) atoms. The quantitative estimate of drug-likeness (QED) is 0.511. The summed E-state index contributed by atoms with van der Waals surface area (Å²) in [6.45, 7) is 3.31. The van der Waals surface area contributed by atoms with Gasteiger partial charge in [0.15, 0.2) is 5.34 Å². The third-order valence-electron chi connectivity index (χ3n) is 4.70. The number of nitrogens with zero attached hydrogens (tertiary/aromatic N) is 2. The second kappa shape index (κ2) is 8.60. The van der Waals surface area contributed by atoms with Crippen molar-refractivity contribution in [2.24, 2.45) is 11.3 Å². The van der Waals surface area contributed by atoms with Gasteiger partial charge < -0.3 is 9.74 Å². The van der Waals surface area contributed by atoms with E-state index in [0.29, 0.717) is 0 Å². The highest BCUT2D eigenvalue weighted by atomic mass is 16.7. The Balaban J connectivity index is 2.65. The molecule has 0 amide bonds. The van der Waals surface area contributed by atoms with E-state index in [1.165, 1.54) is 0 Å². The molecule has 128 valence electrons. The van der Waals surface area contributed by atoms with Crippen LogP contribution in [0.2, 0.25) is 0 Å². The fourth-order valence-electron chi connectivity index (χ4n) is 3.60. The van der Waals surface area contributed by atoms with Crippen LogP contribution in [-0.4, -0.2) is 32.1 Å². The molecule has 0 aliphatic rings. The van der Waals surface area contributed by atoms with Crippen LogP contribution in [0, 0.1) is 10.8 Å². The van der Waals surface area contributed by atoms with Crippen molar-refractivity contribution in [3.05, 3.63) is 76.7 Å². The minimum Gasteiger partial charge on any atom is -0.363 e. The molecule has 0 spiro atoms. The van der Waals surface area contributed by atoms with Crippen LogP contribution in [0.1, 0.15) is 24.5 Å². The smallest absolute Gasteiger partial charge is 0.155 e. The Morgan fingerprint density at radius 2 is 1.50 bits per heavy atom. The Kier molecular flexibility index (Phi) is 6.50. The number of benzene rings is 2. The maximum absolute atomic E-state index is 10.8. The average molecular weight is 326 g/mol. The summed E-state index contributed by atoms with van der Waals surface area (Å²) < 4.78 is 0. The van der Waals surface area contributed by atoms with Gasteiger partial charge in [-0.2, -0.15) is 0 Å². The first-order chi connectivity index (χ1) is 11.6. The van der Waals surface area contributed by atoms with Crippen molar-refractivity contribution in [3.8, 4) is 0 Å². The Bertz CT molecular complexity index is 575. The summed E-state index contributed by atoms with van der Waals surface area (Å²) >= 11 is 0. The standard InChI is InChI=1S/C20H26N2O2/c1-4-17(15-22(2)3)20(16-24-21-23,18-11-7-5-8-12-18)19-13-9-6-10-14-19/h5-14,17H,4,15-16H2,1-3H3. The van der Waals surface area contributed by atoms with Crippen molar-refractivity contribution >= 4 is 0 Å². The van der Waals surface area contributed by atoms with Crippen LogP contribution in [0.5, 0.6) is 0 Å². The van der Waals surface area contributed by atoms with Gasteiger partial charge in [-0.1, -0.05) is 74.0 Å². The molecule has 1 atom stereocenters. The molecule has 0 saturated heterocycles. The summed E-state index contributed by atoms with van der Waals surface area (Å²) in [5.41, 5.74) is 1.87. The summed E-state index contributed by atoms with van der Waals surface area (Å²) in [7, 11) is 4.14. The fraction of sp³-hybridized carbons (Fsp3) is 0.400. The van der Waals surface area contributed by atoms with E-state index in [9.17, 15) is 4.91 Å². The van der Waals surface area contributed by atoms with Gasteiger partial charge in [0.05, 0.1) is 5.41 Å². The van der Waals surface area contributed by atoms with Crippen molar-refractivity contribution in [1.82, 2.24) is 4.90 Å². The van der Waals surface area contributed by atoms with Crippen molar-refractivity contribution in [3.63, 3.8) is 0 Å². The fourth-order valence-corrected chi connectivity index (χ4v) is 3.60. The van der Waals surface area contributed by atoms with Crippen LogP contribution in [0.3, 0.4) is 0 Å². The van der Waals surface area contributed by atoms with Crippen LogP contribution in [0.4, 0.5) is 0 Å². The van der Waals surface area contributed by atoms with Crippen molar-refractivity contribution in [1.29, 1.82) is 0 Å². The van der Waals surface area contributed by atoms with E-state index >= 15 is 0 Å². The molecular weight excluding hydrogens is 300 g/mol. The molecule has 4 heteroatoms. The first-order valence-electron chi connectivity index (χ1n) is 8.35. The van der Waals surface area contributed by atoms with E-state index in [4.69, 9.17) is 4.84 Å². The molecule has 0 aliphatic heterocycles. The van der Waals surface area contributed by atoms with Crippen LogP contribution in [0.25, 0.3) is 0 Å². The Morgan fingerprint density at radius 1 is 1.00 bits per heavy atom. The molecule has 0 bridgehead atoms. The molecule has 0 radical (unpaired) electrons. The highest BCUT2D eigenvalue weighted by Gasteiger charge is 2.42. The molecule has 0 aromatic heterocycles. The van der Waals surface area contributed by atoms with Gasteiger partial charge in [0.25, 0.3) is 0 Å². The minimum absolute atomic E-state index is 0.233. The topological polar surface area (TPSA) is 41.9 Å². The second-order valence-electron chi connectivity index (χ2n) is 6.42. The molecule has 2 aromatic carbocycles. The molecule has 0 heterocycles. The minimum atomic E-state index is -0.421. The van der Waals surface area contributed by atoms with Crippen LogP contribution >= 0.6 is 0 Å². The van der Waals surface area contributed by atoms with E-state index in [-0.39, 0.29) is 12.5 Å². The monoisotopic (exact) mass is 326 g/mol. The van der Waals surface area contributed by atoms with E-state index in [1.807, 2.05) is 36.4 Å². The first-order valence-corrected chi connectivity index (χ1v) is 8.35. The summed E-state index contributed by atoms with van der Waals surface area (Å²) in [6, 6.07) is 20.6. The molecule has 0 saturated carbocycles. The van der Waals surface area contributed by atoms with Gasteiger partial charge in [-0.25, -0.2) is 0 Å². The lowest BCUT2D eigenvalue weighted by atomic mass is 9.65. The molecule has 0 fully saturated rings. The van der Waals surface area contributed by atoms with Gasteiger partial charge in [-0.3, -0.25) is 0 Å². The van der Waals surface area contributed by atoms with Crippen LogP contribution in [0.15, 0.2) is 66.0 Å². The molecule has 0 N–H and O–H groups in total. The average Bonchev–Trinajstić information content (AvgIpc) is 2.62. The summed E-state index contributed by atoms with van der Waals surface area (Å²) in [5.74, 6) is 0.277. The molecule has 0 aliphatic carbocycles. The highest BCUT2D eigenvalue weighted by molar-refractivity contribution is 5.41. The van der Waals surface area contributed by atoms with Crippen molar-refractivity contribution < 1.29 is 4.84 Å². The first kappa shape index (κ1) is 18.1. The van der Waals surface area contributed by atoms with Gasteiger partial charge in [0.2, 0.25) is 0 Å². The lowest BCUT2D eigenvalue weighted by Gasteiger charge is -2.41. The highest BCUT2D eigenvalue weighted by Crippen LogP contribution is 2.41. The predicted molar refractivity (Wildman–Crippen MR) is 97.7 cm³/mol. The van der Waals surface area contributed by atoms with Gasteiger partial charge >= 0.3 is 0 Å². The van der Waals surface area contributed by atoms with Gasteiger partial charge in [0.1, 0.15) is 6.61 Å². The summed E-state index contributed by atoms with van der Waals surface area (Å²) in [6.07, 6.45) is 0.962. The van der Waals surface area contributed by atoms with Crippen LogP contribution < -0.4 is 0 Å². The predicted octanol–water partition coefficient (Wildman–Crippen LogP) is 4.26. The zero-order valence-corrected chi connectivity index (χ0v) is 14.7. The Hall–Kier alpha value is -2.20. The van der Waals surface area contributed by atoms with E-state index in [1.54, 1.807) is 0 Å². The van der Waals surface area contributed by atoms with Gasteiger partial charge in [0, 0.05) is 6.54 Å². The third-order valence-corrected chi connectivity index (χ3v) is 4.70. The Labute approximate surface area is 144 Å². The number of hydrogen-bond donors (Lipinski definition) is 0. The molecular formula is C20H26N2O2. The Morgan fingerprint density at radius 3 is 1.88 bits per heavy atom. The molecule has 2 rings (SSSR count). The molecule has 2 aromatic rings. The lowest BCUT2D eigenvalue weighted by Crippen LogP contribution is -2.44. The van der Waals surface area contributed by atoms with Crippen molar-refractivity contribution in [2.75, 3.05) is 27.2 Å². The number of rotatable bonds is 9. The third kappa shape index (κ3) is 3.82.